The third kappa shape index (κ3) is 4.55. The van der Waals surface area contributed by atoms with Crippen LogP contribution in [0.4, 0.5) is 0 Å². The van der Waals surface area contributed by atoms with Gasteiger partial charge in [0, 0.05) is 45.4 Å². The molecule has 1 unspecified atom stereocenters. The number of carbonyl (C=O) groups excluding carboxylic acids is 1. The van der Waals surface area contributed by atoms with E-state index in [-0.39, 0.29) is 12.5 Å². The summed E-state index contributed by atoms with van der Waals surface area (Å²) in [7, 11) is 0. The van der Waals surface area contributed by atoms with E-state index in [0.717, 1.165) is 39.0 Å². The van der Waals surface area contributed by atoms with Gasteiger partial charge < -0.3 is 15.4 Å². The number of carbonyl (C=O) groups is 1. The van der Waals surface area contributed by atoms with Gasteiger partial charge in [0.15, 0.2) is 0 Å². The van der Waals surface area contributed by atoms with E-state index in [2.05, 4.69) is 11.8 Å². The number of nitrogens with two attached hydrogens (primary N) is 1. The maximum absolute atomic E-state index is 11.8. The largest absolute Gasteiger partial charge is 0.372 e. The predicted octanol–water partition coefficient (Wildman–Crippen LogP) is 0.295. The van der Waals surface area contributed by atoms with Crippen molar-refractivity contribution in [2.75, 3.05) is 45.9 Å². The second-order valence-corrected chi connectivity index (χ2v) is 4.73. The van der Waals surface area contributed by atoms with Crippen molar-refractivity contribution < 1.29 is 9.53 Å². The molecule has 0 aromatic heterocycles. The van der Waals surface area contributed by atoms with Crippen molar-refractivity contribution in [2.45, 2.75) is 32.7 Å². The Bertz CT molecular complexity index is 240. The van der Waals surface area contributed by atoms with E-state index in [4.69, 9.17) is 10.5 Å². The molecule has 1 atom stereocenters. The van der Waals surface area contributed by atoms with Crippen LogP contribution in [0.5, 0.6) is 0 Å². The number of ether oxygens (including phenoxy) is 1. The summed E-state index contributed by atoms with van der Waals surface area (Å²) in [5.41, 5.74) is 5.81. The minimum Gasteiger partial charge on any atom is -0.372 e. The van der Waals surface area contributed by atoms with Crippen molar-refractivity contribution >= 4 is 5.91 Å². The highest BCUT2D eigenvalue weighted by Crippen LogP contribution is 2.10. The zero-order chi connectivity index (χ0) is 13.4. The van der Waals surface area contributed by atoms with Gasteiger partial charge in [-0.1, -0.05) is 13.3 Å². The molecule has 0 bridgehead atoms. The van der Waals surface area contributed by atoms with Gasteiger partial charge in [0.05, 0.1) is 0 Å². The minimum absolute atomic E-state index is 0.108. The molecule has 1 aliphatic rings. The van der Waals surface area contributed by atoms with Crippen LogP contribution in [-0.2, 0) is 9.53 Å². The van der Waals surface area contributed by atoms with E-state index in [9.17, 15) is 4.79 Å². The molecular formula is C13H27N3O2. The first-order valence-electron chi connectivity index (χ1n) is 7.02. The van der Waals surface area contributed by atoms with E-state index in [1.807, 2.05) is 11.8 Å². The first kappa shape index (κ1) is 15.4. The standard InChI is InChI=1S/C13H27N3O2/c1-3-5-12(10-14)15-6-8-16(9-7-15)13(17)11-18-4-2/h12H,3-11,14H2,1-2H3. The minimum atomic E-state index is 0.108. The van der Waals surface area contributed by atoms with Crippen LogP contribution < -0.4 is 5.73 Å². The van der Waals surface area contributed by atoms with Crippen molar-refractivity contribution in [1.29, 1.82) is 0 Å². The van der Waals surface area contributed by atoms with Crippen LogP contribution in [0.1, 0.15) is 26.7 Å². The van der Waals surface area contributed by atoms with E-state index in [1.54, 1.807) is 0 Å². The van der Waals surface area contributed by atoms with Gasteiger partial charge in [-0.15, -0.1) is 0 Å². The molecule has 2 N–H and O–H groups in total. The Labute approximate surface area is 110 Å². The second-order valence-electron chi connectivity index (χ2n) is 4.73. The molecule has 1 fully saturated rings. The summed E-state index contributed by atoms with van der Waals surface area (Å²) in [6.45, 7) is 9.06. The molecule has 5 nitrogen and oxygen atoms in total. The fourth-order valence-electron chi connectivity index (χ4n) is 2.40. The van der Waals surface area contributed by atoms with Crippen LogP contribution in [0.2, 0.25) is 0 Å². The van der Waals surface area contributed by atoms with E-state index in [0.29, 0.717) is 19.2 Å². The number of amides is 1. The normalized spacial score (nSPS) is 18.9. The smallest absolute Gasteiger partial charge is 0.248 e. The lowest BCUT2D eigenvalue weighted by atomic mass is 10.1. The Morgan fingerprint density at radius 3 is 2.44 bits per heavy atom. The number of hydrogen-bond acceptors (Lipinski definition) is 4. The van der Waals surface area contributed by atoms with Crippen molar-refractivity contribution in [3.05, 3.63) is 0 Å². The maximum Gasteiger partial charge on any atom is 0.248 e. The molecule has 1 rings (SSSR count). The Morgan fingerprint density at radius 2 is 1.94 bits per heavy atom. The molecular weight excluding hydrogens is 230 g/mol. The van der Waals surface area contributed by atoms with Crippen LogP contribution in [0.3, 0.4) is 0 Å². The van der Waals surface area contributed by atoms with E-state index >= 15 is 0 Å². The van der Waals surface area contributed by atoms with Crippen molar-refractivity contribution in [3.8, 4) is 0 Å². The fourth-order valence-corrected chi connectivity index (χ4v) is 2.40. The fraction of sp³-hybridized carbons (Fsp3) is 0.923. The van der Waals surface area contributed by atoms with E-state index in [1.165, 1.54) is 0 Å². The highest BCUT2D eigenvalue weighted by molar-refractivity contribution is 5.77. The van der Waals surface area contributed by atoms with Gasteiger partial charge in [-0.25, -0.2) is 0 Å². The van der Waals surface area contributed by atoms with Gasteiger partial charge in [-0.2, -0.15) is 0 Å². The zero-order valence-corrected chi connectivity index (χ0v) is 11.7. The third-order valence-corrected chi connectivity index (χ3v) is 3.51. The van der Waals surface area contributed by atoms with Crippen molar-refractivity contribution in [1.82, 2.24) is 9.80 Å². The molecule has 0 spiro atoms. The molecule has 0 saturated carbocycles. The molecule has 5 heteroatoms. The lowest BCUT2D eigenvalue weighted by molar-refractivity contribution is -0.138. The van der Waals surface area contributed by atoms with Gasteiger partial charge in [-0.05, 0) is 13.3 Å². The summed E-state index contributed by atoms with van der Waals surface area (Å²) < 4.78 is 5.16. The van der Waals surface area contributed by atoms with Gasteiger partial charge in [0.1, 0.15) is 6.61 Å². The number of piperazine rings is 1. The maximum atomic E-state index is 11.8. The molecule has 0 aliphatic carbocycles. The highest BCUT2D eigenvalue weighted by Gasteiger charge is 2.24. The molecule has 0 aromatic rings. The number of nitrogens with zero attached hydrogens (tertiary/aromatic N) is 2. The summed E-state index contributed by atoms with van der Waals surface area (Å²) >= 11 is 0. The van der Waals surface area contributed by atoms with Gasteiger partial charge in [-0.3, -0.25) is 9.69 Å². The van der Waals surface area contributed by atoms with Gasteiger partial charge >= 0.3 is 0 Å². The summed E-state index contributed by atoms with van der Waals surface area (Å²) in [4.78, 5) is 16.1. The molecule has 1 heterocycles. The van der Waals surface area contributed by atoms with Gasteiger partial charge in [0.25, 0.3) is 0 Å². The molecule has 0 aromatic carbocycles. The Morgan fingerprint density at radius 1 is 1.28 bits per heavy atom. The number of rotatable bonds is 7. The van der Waals surface area contributed by atoms with Crippen LogP contribution in [-0.4, -0.2) is 67.7 Å². The lowest BCUT2D eigenvalue weighted by Crippen LogP contribution is -2.54. The number of hydrogen-bond donors (Lipinski definition) is 1. The zero-order valence-electron chi connectivity index (χ0n) is 11.7. The van der Waals surface area contributed by atoms with Crippen LogP contribution >= 0.6 is 0 Å². The summed E-state index contributed by atoms with van der Waals surface area (Å²) in [5, 5.41) is 0. The quantitative estimate of drug-likeness (QED) is 0.712. The molecule has 0 radical (unpaired) electrons. The molecule has 18 heavy (non-hydrogen) atoms. The monoisotopic (exact) mass is 257 g/mol. The molecule has 1 saturated heterocycles. The summed E-state index contributed by atoms with van der Waals surface area (Å²) in [6, 6.07) is 0.471. The average molecular weight is 257 g/mol. The molecule has 106 valence electrons. The Balaban J connectivity index is 2.33. The van der Waals surface area contributed by atoms with Crippen LogP contribution in [0, 0.1) is 0 Å². The van der Waals surface area contributed by atoms with E-state index < -0.39 is 0 Å². The SMILES string of the molecule is CCCC(CN)N1CCN(C(=O)COCC)CC1. The first-order chi connectivity index (χ1) is 8.72. The second kappa shape index (κ2) is 8.45. The molecule has 1 aliphatic heterocycles. The van der Waals surface area contributed by atoms with Crippen molar-refractivity contribution in [3.63, 3.8) is 0 Å². The van der Waals surface area contributed by atoms with Crippen molar-refractivity contribution in [2.24, 2.45) is 5.73 Å². The Kier molecular flexibility index (Phi) is 7.23. The highest BCUT2D eigenvalue weighted by atomic mass is 16.5. The lowest BCUT2D eigenvalue weighted by Gasteiger charge is -2.39. The van der Waals surface area contributed by atoms with Crippen LogP contribution in [0.25, 0.3) is 0 Å². The van der Waals surface area contributed by atoms with Crippen LogP contribution in [0.15, 0.2) is 0 Å². The van der Waals surface area contributed by atoms with Gasteiger partial charge in [0.2, 0.25) is 5.91 Å². The summed E-state index contributed by atoms with van der Waals surface area (Å²) in [5.74, 6) is 0.108. The summed E-state index contributed by atoms with van der Waals surface area (Å²) in [6.07, 6.45) is 2.30. The average Bonchev–Trinajstić information content (AvgIpc) is 2.42. The predicted molar refractivity (Wildman–Crippen MR) is 72.4 cm³/mol. The Hall–Kier alpha value is -0.650. The third-order valence-electron chi connectivity index (χ3n) is 3.51. The topological polar surface area (TPSA) is 58.8 Å². The first-order valence-corrected chi connectivity index (χ1v) is 7.02. The molecule has 1 amide bonds.